The first-order chi connectivity index (χ1) is 14.0. The number of carboxylic acids is 1. The highest BCUT2D eigenvalue weighted by molar-refractivity contribution is 7.98. The third-order valence-electron chi connectivity index (χ3n) is 4.80. The monoisotopic (exact) mass is 464 g/mol. The molecule has 0 spiro atoms. The van der Waals surface area contributed by atoms with Crippen molar-refractivity contribution >= 4 is 48.1 Å². The van der Waals surface area contributed by atoms with Crippen molar-refractivity contribution in [3.8, 4) is 0 Å². The Labute approximate surface area is 188 Å². The van der Waals surface area contributed by atoms with Crippen molar-refractivity contribution in [1.29, 1.82) is 0 Å². The quantitative estimate of drug-likeness (QED) is 0.202. The number of aliphatic carboxylic acids is 1. The lowest BCUT2D eigenvalue weighted by Crippen LogP contribution is -2.60. The van der Waals surface area contributed by atoms with Crippen molar-refractivity contribution in [3.05, 3.63) is 0 Å². The van der Waals surface area contributed by atoms with Gasteiger partial charge in [0, 0.05) is 5.75 Å². The fraction of sp³-hybridized carbons (Fsp3) is 0.789. The number of carbonyl (C=O) groups excluding carboxylic acids is 3. The summed E-state index contributed by atoms with van der Waals surface area (Å²) in [5.41, 5.74) is 5.67. The van der Waals surface area contributed by atoms with Crippen molar-refractivity contribution in [2.75, 3.05) is 17.8 Å². The van der Waals surface area contributed by atoms with Crippen LogP contribution in [0.4, 0.5) is 0 Å². The smallest absolute Gasteiger partial charge is 0.326 e. The molecular weight excluding hydrogens is 428 g/mol. The molecule has 0 aromatic rings. The summed E-state index contributed by atoms with van der Waals surface area (Å²) in [6.07, 6.45) is 2.71. The van der Waals surface area contributed by atoms with Crippen molar-refractivity contribution in [2.45, 2.75) is 64.7 Å². The van der Waals surface area contributed by atoms with Crippen LogP contribution in [-0.4, -0.2) is 70.7 Å². The van der Waals surface area contributed by atoms with Crippen LogP contribution in [0.1, 0.15) is 40.5 Å². The van der Waals surface area contributed by atoms with Gasteiger partial charge in [-0.25, -0.2) is 4.79 Å². The third-order valence-corrected chi connectivity index (χ3v) is 5.84. The molecule has 0 bridgehead atoms. The zero-order valence-corrected chi connectivity index (χ0v) is 20.0. The molecule has 0 aliphatic carbocycles. The minimum atomic E-state index is -1.13. The Kier molecular flexibility index (Phi) is 13.8. The molecular formula is C19H36N4O5S2. The largest absolute Gasteiger partial charge is 0.480 e. The molecule has 6 N–H and O–H groups in total. The zero-order chi connectivity index (χ0) is 23.4. The third kappa shape index (κ3) is 9.57. The second-order valence-electron chi connectivity index (χ2n) is 7.57. The summed E-state index contributed by atoms with van der Waals surface area (Å²) >= 11 is 5.47. The normalized spacial score (nSPS) is 16.1. The minimum Gasteiger partial charge on any atom is -0.480 e. The fourth-order valence-electron chi connectivity index (χ4n) is 2.58. The molecule has 11 heteroatoms. The van der Waals surface area contributed by atoms with Crippen LogP contribution in [0.2, 0.25) is 0 Å². The Bertz CT molecular complexity index is 591. The van der Waals surface area contributed by atoms with Crippen LogP contribution in [0, 0.1) is 11.8 Å². The molecule has 174 valence electrons. The van der Waals surface area contributed by atoms with Gasteiger partial charge in [-0.05, 0) is 30.3 Å². The minimum absolute atomic E-state index is 0.128. The van der Waals surface area contributed by atoms with E-state index in [9.17, 15) is 24.3 Å². The average Bonchev–Trinajstić information content (AvgIpc) is 2.70. The van der Waals surface area contributed by atoms with Gasteiger partial charge in [-0.15, -0.1) is 0 Å². The molecule has 0 aliphatic heterocycles. The van der Waals surface area contributed by atoms with E-state index in [1.165, 1.54) is 11.8 Å². The van der Waals surface area contributed by atoms with Crippen LogP contribution < -0.4 is 21.7 Å². The Hall–Kier alpha value is -1.46. The van der Waals surface area contributed by atoms with Crippen molar-refractivity contribution in [1.82, 2.24) is 16.0 Å². The number of thioether (sulfide) groups is 1. The lowest BCUT2D eigenvalue weighted by atomic mass is 9.96. The van der Waals surface area contributed by atoms with E-state index in [1.807, 2.05) is 13.2 Å². The van der Waals surface area contributed by atoms with Gasteiger partial charge in [0.15, 0.2) is 0 Å². The number of hydrogen-bond donors (Lipinski definition) is 6. The van der Waals surface area contributed by atoms with E-state index in [4.69, 9.17) is 5.73 Å². The SMILES string of the molecule is CC[C@@H](C)[C@H](NC(=O)[C@@H](NC(=O)[C@@H](N)CS)C(C)C)C(=O)N[C@H](CCSC)C(=O)O. The number of nitrogens with two attached hydrogens (primary N) is 1. The number of thiol groups is 1. The Balaban J connectivity index is 5.41. The molecule has 0 heterocycles. The van der Waals surface area contributed by atoms with Gasteiger partial charge < -0.3 is 26.8 Å². The maximum atomic E-state index is 12.9. The Morgan fingerprint density at radius 2 is 1.53 bits per heavy atom. The second kappa shape index (κ2) is 14.5. The number of rotatable bonds is 14. The second-order valence-corrected chi connectivity index (χ2v) is 8.92. The molecule has 0 aromatic heterocycles. The molecule has 0 fully saturated rings. The number of nitrogens with one attached hydrogen (secondary N) is 3. The molecule has 0 rings (SSSR count). The first kappa shape index (κ1) is 28.5. The molecule has 0 unspecified atom stereocenters. The van der Waals surface area contributed by atoms with Gasteiger partial charge in [-0.3, -0.25) is 14.4 Å². The number of amides is 3. The molecule has 0 saturated heterocycles. The van der Waals surface area contributed by atoms with Crippen molar-refractivity contribution in [3.63, 3.8) is 0 Å². The standard InChI is InChI=1S/C19H36N4O5S2/c1-6-11(4)15(18(26)21-13(19(27)28)7-8-30-5)23-17(25)14(10(2)3)22-16(24)12(20)9-29/h10-15,29H,6-9,20H2,1-5H3,(H,21,26)(H,22,24)(H,23,25)(H,27,28)/t11-,12+,13-,14+,15+/m1/s1. The van der Waals surface area contributed by atoms with Crippen LogP contribution >= 0.6 is 24.4 Å². The zero-order valence-electron chi connectivity index (χ0n) is 18.3. The summed E-state index contributed by atoms with van der Waals surface area (Å²) in [6.45, 7) is 7.19. The van der Waals surface area contributed by atoms with E-state index in [-0.39, 0.29) is 24.0 Å². The average molecular weight is 465 g/mol. The number of carboxylic acid groups (broad SMARTS) is 1. The molecule has 3 amide bonds. The maximum absolute atomic E-state index is 12.9. The number of carbonyl (C=O) groups is 4. The summed E-state index contributed by atoms with van der Waals surface area (Å²) in [6, 6.07) is -3.73. The van der Waals surface area contributed by atoms with Crippen LogP contribution in [0.15, 0.2) is 0 Å². The summed E-state index contributed by atoms with van der Waals surface area (Å²) in [4.78, 5) is 49.3. The summed E-state index contributed by atoms with van der Waals surface area (Å²) in [5.74, 6) is -2.52. The highest BCUT2D eigenvalue weighted by atomic mass is 32.2. The van der Waals surface area contributed by atoms with Crippen LogP contribution in [0.3, 0.4) is 0 Å². The van der Waals surface area contributed by atoms with Gasteiger partial charge in [-0.1, -0.05) is 34.1 Å². The number of hydrogen-bond acceptors (Lipinski definition) is 7. The predicted octanol–water partition coefficient (Wildman–Crippen LogP) is 0.238. The summed E-state index contributed by atoms with van der Waals surface area (Å²) in [5, 5.41) is 17.2. The highest BCUT2D eigenvalue weighted by Crippen LogP contribution is 2.11. The van der Waals surface area contributed by atoms with E-state index in [0.717, 1.165) is 0 Å². The summed E-state index contributed by atoms with van der Waals surface area (Å²) in [7, 11) is 0. The highest BCUT2D eigenvalue weighted by Gasteiger charge is 2.33. The van der Waals surface area contributed by atoms with Gasteiger partial charge in [0.2, 0.25) is 17.7 Å². The molecule has 0 radical (unpaired) electrons. The molecule has 0 aliphatic rings. The van der Waals surface area contributed by atoms with Crippen LogP contribution in [-0.2, 0) is 19.2 Å². The van der Waals surface area contributed by atoms with Crippen LogP contribution in [0.25, 0.3) is 0 Å². The van der Waals surface area contributed by atoms with Gasteiger partial charge in [0.1, 0.15) is 18.1 Å². The first-order valence-electron chi connectivity index (χ1n) is 9.99. The Morgan fingerprint density at radius 1 is 1.00 bits per heavy atom. The van der Waals surface area contributed by atoms with E-state index in [2.05, 4.69) is 28.6 Å². The van der Waals surface area contributed by atoms with Crippen LogP contribution in [0.5, 0.6) is 0 Å². The predicted molar refractivity (Wildman–Crippen MR) is 123 cm³/mol. The van der Waals surface area contributed by atoms with Crippen molar-refractivity contribution in [2.24, 2.45) is 17.6 Å². The van der Waals surface area contributed by atoms with Gasteiger partial charge in [0.25, 0.3) is 0 Å². The summed E-state index contributed by atoms with van der Waals surface area (Å²) < 4.78 is 0. The first-order valence-corrected chi connectivity index (χ1v) is 12.0. The van der Waals surface area contributed by atoms with Gasteiger partial charge >= 0.3 is 5.97 Å². The molecule has 30 heavy (non-hydrogen) atoms. The van der Waals surface area contributed by atoms with E-state index in [1.54, 1.807) is 20.8 Å². The van der Waals surface area contributed by atoms with E-state index < -0.39 is 47.9 Å². The topological polar surface area (TPSA) is 151 Å². The molecule has 0 saturated carbocycles. The Morgan fingerprint density at radius 3 is 1.97 bits per heavy atom. The fourth-order valence-corrected chi connectivity index (χ4v) is 3.21. The lowest BCUT2D eigenvalue weighted by Gasteiger charge is -2.29. The lowest BCUT2D eigenvalue weighted by molar-refractivity contribution is -0.142. The molecule has 9 nitrogen and oxygen atoms in total. The molecule has 5 atom stereocenters. The van der Waals surface area contributed by atoms with E-state index in [0.29, 0.717) is 12.2 Å². The van der Waals surface area contributed by atoms with Gasteiger partial charge in [0.05, 0.1) is 6.04 Å². The van der Waals surface area contributed by atoms with Gasteiger partial charge in [-0.2, -0.15) is 24.4 Å². The maximum Gasteiger partial charge on any atom is 0.326 e. The van der Waals surface area contributed by atoms with E-state index >= 15 is 0 Å². The van der Waals surface area contributed by atoms with Crippen molar-refractivity contribution < 1.29 is 24.3 Å². The molecule has 0 aromatic carbocycles.